The molecule has 2 radical (unpaired) electrons. The number of rotatable bonds is 0. The molecule has 0 aromatic rings. The SMILES string of the molecule is [C-]#[O+].[C-]#[O+].[C-]#[O+].[C-]#[O+].[C-]#[O+].[Cr].[Cs].[Cs]. The van der Waals surface area contributed by atoms with Gasteiger partial charge in [0.25, 0.3) is 0 Å². The molecule has 0 unspecified atom stereocenters. The summed E-state index contributed by atoms with van der Waals surface area (Å²) in [6.07, 6.45) is 0. The molecule has 0 amide bonds. The Labute approximate surface area is 205 Å². The summed E-state index contributed by atoms with van der Waals surface area (Å²) in [7, 11) is 0. The Hall–Kier alpha value is 3.34. The molecule has 0 heterocycles. The molecule has 0 rings (SSSR count). The zero-order valence-electron chi connectivity index (χ0n) is 6.95. The quantitative estimate of drug-likeness (QED) is 0.331. The maximum absolute atomic E-state index is 7.50. The van der Waals surface area contributed by atoms with E-state index in [1.807, 2.05) is 0 Å². The maximum Gasteiger partial charge on any atom is 0 e. The molecule has 0 aliphatic rings. The van der Waals surface area contributed by atoms with Gasteiger partial charge in [0.2, 0.25) is 0 Å². The summed E-state index contributed by atoms with van der Waals surface area (Å²) >= 11 is 0. The van der Waals surface area contributed by atoms with E-state index in [0.717, 1.165) is 0 Å². The van der Waals surface area contributed by atoms with E-state index in [1.165, 1.54) is 0 Å². The average Bonchev–Trinajstić information content (AvgIpc) is 2.20. The van der Waals surface area contributed by atoms with Crippen molar-refractivity contribution in [2.75, 3.05) is 0 Å². The van der Waals surface area contributed by atoms with Gasteiger partial charge in [-0.25, -0.2) is 0 Å². The zero-order chi connectivity index (χ0) is 10.0. The molecule has 0 atom stereocenters. The van der Waals surface area contributed by atoms with E-state index in [0.29, 0.717) is 0 Å². The molecule has 0 aromatic heterocycles. The molecule has 0 saturated carbocycles. The van der Waals surface area contributed by atoms with Gasteiger partial charge in [-0.05, 0) is 0 Å². The summed E-state index contributed by atoms with van der Waals surface area (Å²) in [5.41, 5.74) is 0. The molecule has 0 saturated heterocycles. The predicted molar refractivity (Wildman–Crippen MR) is 31.2 cm³/mol. The first-order chi connectivity index (χ1) is 5.00. The van der Waals surface area contributed by atoms with Crippen LogP contribution in [0.5, 0.6) is 0 Å². The third-order valence-electron chi connectivity index (χ3n) is 0. The molecular formula is C5CrCs2O5. The van der Waals surface area contributed by atoms with E-state index in [9.17, 15) is 0 Å². The van der Waals surface area contributed by atoms with Crippen LogP contribution >= 0.6 is 0 Å². The molecule has 0 aliphatic carbocycles. The summed E-state index contributed by atoms with van der Waals surface area (Å²) in [5, 5.41) is 0. The van der Waals surface area contributed by atoms with Crippen molar-refractivity contribution < 1.29 is 40.6 Å². The first kappa shape index (κ1) is 55.3. The standard InChI is InChI=1S/5CO.Cr.2Cs/c5*1-2;;;. The van der Waals surface area contributed by atoms with E-state index >= 15 is 0 Å². The average molecular weight is 458 g/mol. The number of hydrogen-bond acceptors (Lipinski definition) is 0. The van der Waals surface area contributed by atoms with Crippen molar-refractivity contribution in [1.29, 1.82) is 0 Å². The molecule has 0 aromatic carbocycles. The topological polar surface area (TPSA) is 99.5 Å². The van der Waals surface area contributed by atoms with Crippen molar-refractivity contribution in [3.63, 3.8) is 0 Å². The fourth-order valence-electron chi connectivity index (χ4n) is 0. The molecular weight excluding hydrogens is 458 g/mol. The maximum atomic E-state index is 7.50. The zero-order valence-corrected chi connectivity index (χ0v) is 20.8. The second-order valence-corrected chi connectivity index (χ2v) is 0. The van der Waals surface area contributed by atoms with Crippen molar-refractivity contribution in [1.82, 2.24) is 0 Å². The summed E-state index contributed by atoms with van der Waals surface area (Å²) in [6, 6.07) is 0. The Kier molecular flexibility index (Phi) is 1200. The third kappa shape index (κ3) is 245. The van der Waals surface area contributed by atoms with Crippen molar-refractivity contribution in [2.24, 2.45) is 0 Å². The summed E-state index contributed by atoms with van der Waals surface area (Å²) in [6.45, 7) is 22.5. The Morgan fingerprint density at radius 3 is 0.385 bits per heavy atom. The minimum atomic E-state index is 0. The molecule has 0 fully saturated rings. The van der Waals surface area contributed by atoms with Gasteiger partial charge in [0.05, 0.1) is 0 Å². The molecule has 0 aliphatic heterocycles. The van der Waals surface area contributed by atoms with Gasteiger partial charge in [0, 0.05) is 155 Å². The summed E-state index contributed by atoms with van der Waals surface area (Å²) in [5.74, 6) is 0. The fourth-order valence-corrected chi connectivity index (χ4v) is 0. The van der Waals surface area contributed by atoms with Gasteiger partial charge in [-0.1, -0.05) is 0 Å². The van der Waals surface area contributed by atoms with E-state index in [4.69, 9.17) is 23.3 Å². The van der Waals surface area contributed by atoms with Crippen LogP contribution in [0.25, 0.3) is 0 Å². The summed E-state index contributed by atoms with van der Waals surface area (Å²) < 4.78 is 37.5. The smallest absolute Gasteiger partial charge is 0 e. The van der Waals surface area contributed by atoms with Crippen LogP contribution in [0.2, 0.25) is 0 Å². The van der Waals surface area contributed by atoms with E-state index in [-0.39, 0.29) is 155 Å². The van der Waals surface area contributed by atoms with Crippen LogP contribution in [-0.2, 0) is 40.6 Å². The van der Waals surface area contributed by atoms with E-state index in [2.05, 4.69) is 33.3 Å². The van der Waals surface area contributed by atoms with Crippen LogP contribution in [0.3, 0.4) is 0 Å². The monoisotopic (exact) mass is 458 g/mol. The van der Waals surface area contributed by atoms with Crippen molar-refractivity contribution in [3.8, 4) is 0 Å². The molecule has 58 valence electrons. The van der Waals surface area contributed by atoms with Gasteiger partial charge < -0.3 is 0 Å². The largest absolute Gasteiger partial charge is 0 e. The molecule has 0 spiro atoms. The first-order valence-electron chi connectivity index (χ1n) is 1.02. The van der Waals surface area contributed by atoms with Gasteiger partial charge in [0.15, 0.2) is 0 Å². The second kappa shape index (κ2) is 283. The third-order valence-corrected chi connectivity index (χ3v) is 0. The minimum absolute atomic E-state index is 0. The molecule has 5 nitrogen and oxygen atoms in total. The van der Waals surface area contributed by atoms with Crippen LogP contribution in [0.4, 0.5) is 0 Å². The van der Waals surface area contributed by atoms with Crippen LogP contribution in [0, 0.1) is 33.3 Å². The normalized spacial score (nSPS) is 0.769. The van der Waals surface area contributed by atoms with Crippen molar-refractivity contribution >= 4 is 138 Å². The Morgan fingerprint density at radius 2 is 0.385 bits per heavy atom. The van der Waals surface area contributed by atoms with Gasteiger partial charge in [0.1, 0.15) is 0 Å². The van der Waals surface area contributed by atoms with Crippen LogP contribution in [-0.4, -0.2) is 138 Å². The van der Waals surface area contributed by atoms with Gasteiger partial charge in [-0.15, -0.1) is 0 Å². The minimum Gasteiger partial charge on any atom is 0 e. The van der Waals surface area contributed by atoms with E-state index < -0.39 is 0 Å². The first-order valence-corrected chi connectivity index (χ1v) is 1.02. The van der Waals surface area contributed by atoms with Crippen LogP contribution < -0.4 is 0 Å². The molecule has 13 heavy (non-hydrogen) atoms. The van der Waals surface area contributed by atoms with Gasteiger partial charge in [-0.3, -0.25) is 0 Å². The Balaban J connectivity index is -0.00000000379. The Bertz CT molecular complexity index is 81.5. The molecule has 0 bridgehead atoms. The second-order valence-electron chi connectivity index (χ2n) is 0. The van der Waals surface area contributed by atoms with Crippen molar-refractivity contribution in [2.45, 2.75) is 0 Å². The van der Waals surface area contributed by atoms with Crippen LogP contribution in [0.1, 0.15) is 0 Å². The number of hydrogen-bond donors (Lipinski definition) is 0. The summed E-state index contributed by atoms with van der Waals surface area (Å²) in [4.78, 5) is 0. The fraction of sp³-hybridized carbons (Fsp3) is 0. The van der Waals surface area contributed by atoms with Crippen LogP contribution in [0.15, 0.2) is 0 Å². The molecule has 8 heteroatoms. The van der Waals surface area contributed by atoms with Gasteiger partial charge in [-0.2, -0.15) is 0 Å². The van der Waals surface area contributed by atoms with Gasteiger partial charge >= 0.3 is 56.5 Å². The Morgan fingerprint density at radius 1 is 0.385 bits per heavy atom. The predicted octanol–water partition coefficient (Wildman–Crippen LogP) is -0.952. The molecule has 0 N–H and O–H groups in total. The van der Waals surface area contributed by atoms with E-state index in [1.54, 1.807) is 0 Å². The van der Waals surface area contributed by atoms with Crippen molar-refractivity contribution in [3.05, 3.63) is 33.3 Å².